The summed E-state index contributed by atoms with van der Waals surface area (Å²) in [6.07, 6.45) is 5.12. The summed E-state index contributed by atoms with van der Waals surface area (Å²) in [5.74, 6) is 2.00. The summed E-state index contributed by atoms with van der Waals surface area (Å²) in [5, 5.41) is 3.48. The third kappa shape index (κ3) is 5.49. The molecule has 0 aromatic heterocycles. The lowest BCUT2D eigenvalue weighted by Gasteiger charge is -2.28. The molecule has 3 rings (SSSR count). The summed E-state index contributed by atoms with van der Waals surface area (Å²) in [4.78, 5) is 10.00. The minimum absolute atomic E-state index is 0. The zero-order valence-corrected chi connectivity index (χ0v) is 18.4. The SMILES string of the molecule is CCNC(=NCC(c1cccc(OC)c1)N1CCCC1)N1CCCC1.I. The van der Waals surface area contributed by atoms with Crippen molar-refractivity contribution in [2.45, 2.75) is 38.6 Å². The third-order valence-electron chi connectivity index (χ3n) is 5.21. The van der Waals surface area contributed by atoms with Gasteiger partial charge in [-0.3, -0.25) is 9.89 Å². The predicted molar refractivity (Wildman–Crippen MR) is 119 cm³/mol. The fourth-order valence-corrected chi connectivity index (χ4v) is 3.86. The first-order valence-electron chi connectivity index (χ1n) is 9.73. The number of halogens is 1. The Morgan fingerprint density at radius 3 is 2.50 bits per heavy atom. The van der Waals surface area contributed by atoms with Gasteiger partial charge in [-0.2, -0.15) is 0 Å². The summed E-state index contributed by atoms with van der Waals surface area (Å²) in [7, 11) is 1.73. The Bertz CT molecular complexity index is 569. The third-order valence-corrected chi connectivity index (χ3v) is 5.21. The van der Waals surface area contributed by atoms with Gasteiger partial charge in [0.05, 0.1) is 19.7 Å². The molecule has 146 valence electrons. The van der Waals surface area contributed by atoms with Crippen LogP contribution in [0.3, 0.4) is 0 Å². The molecule has 26 heavy (non-hydrogen) atoms. The Hall–Kier alpha value is -1.02. The maximum absolute atomic E-state index is 5.44. The van der Waals surface area contributed by atoms with Gasteiger partial charge in [0.2, 0.25) is 0 Å². The molecule has 1 unspecified atom stereocenters. The second kappa shape index (κ2) is 11.0. The summed E-state index contributed by atoms with van der Waals surface area (Å²) in [5.41, 5.74) is 1.31. The lowest BCUT2D eigenvalue weighted by atomic mass is 10.1. The number of methoxy groups -OCH3 is 1. The number of benzene rings is 1. The number of aliphatic imine (C=N–C) groups is 1. The van der Waals surface area contributed by atoms with Crippen molar-refractivity contribution in [3.63, 3.8) is 0 Å². The van der Waals surface area contributed by atoms with Gasteiger partial charge < -0.3 is 15.0 Å². The van der Waals surface area contributed by atoms with E-state index in [1.54, 1.807) is 7.11 Å². The number of rotatable bonds is 6. The second-order valence-electron chi connectivity index (χ2n) is 6.92. The molecule has 0 bridgehead atoms. The van der Waals surface area contributed by atoms with Crippen molar-refractivity contribution < 1.29 is 4.74 Å². The first-order chi connectivity index (χ1) is 12.3. The van der Waals surface area contributed by atoms with Crippen molar-refractivity contribution in [1.29, 1.82) is 0 Å². The summed E-state index contributed by atoms with van der Waals surface area (Å²) in [6.45, 7) is 8.44. The summed E-state index contributed by atoms with van der Waals surface area (Å²) >= 11 is 0. The molecule has 1 aromatic rings. The largest absolute Gasteiger partial charge is 0.497 e. The highest BCUT2D eigenvalue weighted by atomic mass is 127. The summed E-state index contributed by atoms with van der Waals surface area (Å²) in [6, 6.07) is 8.81. The summed E-state index contributed by atoms with van der Waals surface area (Å²) < 4.78 is 5.44. The molecule has 6 heteroatoms. The van der Waals surface area contributed by atoms with Crippen molar-refractivity contribution in [2.24, 2.45) is 4.99 Å². The van der Waals surface area contributed by atoms with Crippen molar-refractivity contribution in [3.05, 3.63) is 29.8 Å². The van der Waals surface area contributed by atoms with Gasteiger partial charge in [-0.05, 0) is 63.4 Å². The van der Waals surface area contributed by atoms with Gasteiger partial charge in [0.1, 0.15) is 5.75 Å². The van der Waals surface area contributed by atoms with Crippen LogP contribution in [0.15, 0.2) is 29.3 Å². The molecule has 2 heterocycles. The molecule has 2 aliphatic heterocycles. The van der Waals surface area contributed by atoms with Crippen molar-refractivity contribution in [3.8, 4) is 5.75 Å². The molecule has 0 spiro atoms. The highest BCUT2D eigenvalue weighted by Crippen LogP contribution is 2.28. The van der Waals surface area contributed by atoms with Crippen LogP contribution in [0, 0.1) is 0 Å². The number of likely N-dealkylation sites (tertiary alicyclic amines) is 2. The van der Waals surface area contributed by atoms with Gasteiger partial charge in [-0.25, -0.2) is 0 Å². The van der Waals surface area contributed by atoms with E-state index in [2.05, 4.69) is 40.2 Å². The van der Waals surface area contributed by atoms with Crippen molar-refractivity contribution >= 4 is 29.9 Å². The standard InChI is InChI=1S/C20H32N4O.HI/c1-3-21-20(24-13-6-7-14-24)22-16-19(23-11-4-5-12-23)17-9-8-10-18(15-17)25-2;/h8-10,15,19H,3-7,11-14,16H2,1-2H3,(H,21,22);1H. The van der Waals surface area contributed by atoms with Crippen LogP contribution in [-0.2, 0) is 0 Å². The van der Waals surface area contributed by atoms with Gasteiger partial charge in [0.15, 0.2) is 5.96 Å². The molecule has 2 fully saturated rings. The molecule has 1 atom stereocenters. The van der Waals surface area contributed by atoms with Crippen molar-refractivity contribution in [1.82, 2.24) is 15.1 Å². The molecule has 2 aliphatic rings. The topological polar surface area (TPSA) is 40.1 Å². The number of hydrogen-bond donors (Lipinski definition) is 1. The number of ether oxygens (including phenoxy) is 1. The predicted octanol–water partition coefficient (Wildman–Crippen LogP) is 3.51. The molecular formula is C20H33IN4O. The van der Waals surface area contributed by atoms with E-state index in [4.69, 9.17) is 9.73 Å². The van der Waals surface area contributed by atoms with Gasteiger partial charge in [-0.1, -0.05) is 12.1 Å². The minimum Gasteiger partial charge on any atom is -0.497 e. The van der Waals surface area contributed by atoms with E-state index in [1.165, 1.54) is 31.2 Å². The van der Waals surface area contributed by atoms with Crippen LogP contribution in [0.1, 0.15) is 44.2 Å². The Balaban J connectivity index is 0.00000243. The Morgan fingerprint density at radius 2 is 1.85 bits per heavy atom. The van der Waals surface area contributed by atoms with Crippen LogP contribution in [0.2, 0.25) is 0 Å². The zero-order valence-electron chi connectivity index (χ0n) is 16.1. The fraction of sp³-hybridized carbons (Fsp3) is 0.650. The van der Waals surface area contributed by atoms with E-state index in [0.717, 1.165) is 51.0 Å². The Labute approximate surface area is 175 Å². The van der Waals surface area contributed by atoms with Crippen LogP contribution in [0.4, 0.5) is 0 Å². The van der Waals surface area contributed by atoms with Gasteiger partial charge >= 0.3 is 0 Å². The smallest absolute Gasteiger partial charge is 0.193 e. The van der Waals surface area contributed by atoms with E-state index in [-0.39, 0.29) is 24.0 Å². The number of guanidine groups is 1. The molecule has 1 N–H and O–H groups in total. The van der Waals surface area contributed by atoms with Crippen LogP contribution >= 0.6 is 24.0 Å². The van der Waals surface area contributed by atoms with Gasteiger partial charge in [0, 0.05) is 19.6 Å². The number of hydrogen-bond acceptors (Lipinski definition) is 3. The van der Waals surface area contributed by atoms with E-state index < -0.39 is 0 Å². The van der Waals surface area contributed by atoms with Crippen LogP contribution in [-0.4, -0.2) is 62.1 Å². The Morgan fingerprint density at radius 1 is 1.15 bits per heavy atom. The molecular weight excluding hydrogens is 439 g/mol. The molecule has 2 saturated heterocycles. The highest BCUT2D eigenvalue weighted by Gasteiger charge is 2.24. The first-order valence-corrected chi connectivity index (χ1v) is 9.73. The zero-order chi connectivity index (χ0) is 17.5. The number of nitrogens with zero attached hydrogens (tertiary/aromatic N) is 3. The Kier molecular flexibility index (Phi) is 8.98. The van der Waals surface area contributed by atoms with Crippen molar-refractivity contribution in [2.75, 3.05) is 46.4 Å². The average molecular weight is 472 g/mol. The molecule has 5 nitrogen and oxygen atoms in total. The van der Waals surface area contributed by atoms with Gasteiger partial charge in [0.25, 0.3) is 0 Å². The molecule has 0 saturated carbocycles. The normalized spacial score (nSPS) is 19.3. The second-order valence-corrected chi connectivity index (χ2v) is 6.92. The maximum atomic E-state index is 5.44. The van der Waals surface area contributed by atoms with Crippen LogP contribution in [0.5, 0.6) is 5.75 Å². The molecule has 0 aliphatic carbocycles. The lowest BCUT2D eigenvalue weighted by molar-refractivity contribution is 0.250. The fourth-order valence-electron chi connectivity index (χ4n) is 3.86. The molecule has 0 radical (unpaired) electrons. The van der Waals surface area contributed by atoms with Crippen LogP contribution in [0.25, 0.3) is 0 Å². The minimum atomic E-state index is 0. The monoisotopic (exact) mass is 472 g/mol. The molecule has 0 amide bonds. The maximum Gasteiger partial charge on any atom is 0.193 e. The molecule has 1 aromatic carbocycles. The quantitative estimate of drug-likeness (QED) is 0.391. The van der Waals surface area contributed by atoms with E-state index in [1.807, 2.05) is 6.07 Å². The lowest BCUT2D eigenvalue weighted by Crippen LogP contribution is -2.40. The van der Waals surface area contributed by atoms with Gasteiger partial charge in [-0.15, -0.1) is 24.0 Å². The van der Waals surface area contributed by atoms with Crippen LogP contribution < -0.4 is 10.1 Å². The first kappa shape index (κ1) is 21.3. The average Bonchev–Trinajstić information content (AvgIpc) is 3.35. The number of nitrogens with one attached hydrogen (secondary N) is 1. The van der Waals surface area contributed by atoms with E-state index in [0.29, 0.717) is 6.04 Å². The van der Waals surface area contributed by atoms with E-state index >= 15 is 0 Å². The highest BCUT2D eigenvalue weighted by molar-refractivity contribution is 14.0. The van der Waals surface area contributed by atoms with E-state index in [9.17, 15) is 0 Å².